The zero-order valence-corrected chi connectivity index (χ0v) is 8.57. The third-order valence-electron chi connectivity index (χ3n) is 2.33. The van der Waals surface area contributed by atoms with Crippen molar-refractivity contribution in [3.63, 3.8) is 0 Å². The molecule has 0 spiro atoms. The molecular weight excluding hydrogens is 190 g/mol. The van der Waals surface area contributed by atoms with Gasteiger partial charge in [-0.15, -0.1) is 0 Å². The van der Waals surface area contributed by atoms with E-state index >= 15 is 0 Å². The molecular formula is C12H15NO2. The Labute approximate surface area is 89.4 Å². The first-order chi connectivity index (χ1) is 7.40. The van der Waals surface area contributed by atoms with Crippen LogP contribution in [0.15, 0.2) is 29.8 Å². The van der Waals surface area contributed by atoms with Gasteiger partial charge in [0.2, 0.25) is 0 Å². The molecule has 1 aliphatic rings. The van der Waals surface area contributed by atoms with Crippen molar-refractivity contribution in [3.05, 3.63) is 35.4 Å². The Morgan fingerprint density at radius 1 is 1.33 bits per heavy atom. The molecule has 0 radical (unpaired) electrons. The summed E-state index contributed by atoms with van der Waals surface area (Å²) < 4.78 is 5.60. The number of hydrogen-bond acceptors (Lipinski definition) is 3. The second kappa shape index (κ2) is 4.96. The van der Waals surface area contributed by atoms with Gasteiger partial charge in [0.1, 0.15) is 12.4 Å². The SMILES string of the molecule is OCCNCC1=Cc2ccccc2OC1. The average molecular weight is 205 g/mol. The summed E-state index contributed by atoms with van der Waals surface area (Å²) in [6.45, 7) is 2.20. The quantitative estimate of drug-likeness (QED) is 0.722. The molecule has 15 heavy (non-hydrogen) atoms. The molecule has 0 aliphatic carbocycles. The Morgan fingerprint density at radius 2 is 2.20 bits per heavy atom. The van der Waals surface area contributed by atoms with Crippen LogP contribution in [0.25, 0.3) is 6.08 Å². The minimum absolute atomic E-state index is 0.171. The molecule has 3 heteroatoms. The third kappa shape index (κ3) is 2.58. The molecule has 0 bridgehead atoms. The minimum Gasteiger partial charge on any atom is -0.489 e. The number of ether oxygens (including phenoxy) is 1. The highest BCUT2D eigenvalue weighted by Crippen LogP contribution is 2.25. The van der Waals surface area contributed by atoms with Crippen LogP contribution in [0.5, 0.6) is 5.75 Å². The third-order valence-corrected chi connectivity index (χ3v) is 2.33. The summed E-state index contributed by atoms with van der Waals surface area (Å²) in [5.41, 5.74) is 2.34. The lowest BCUT2D eigenvalue weighted by atomic mass is 10.1. The highest BCUT2D eigenvalue weighted by Gasteiger charge is 2.09. The first kappa shape index (κ1) is 10.2. The summed E-state index contributed by atoms with van der Waals surface area (Å²) in [5.74, 6) is 0.948. The fourth-order valence-corrected chi connectivity index (χ4v) is 1.59. The van der Waals surface area contributed by atoms with Crippen molar-refractivity contribution in [2.45, 2.75) is 0 Å². The number of para-hydroxylation sites is 1. The van der Waals surface area contributed by atoms with E-state index in [1.165, 1.54) is 5.57 Å². The molecule has 0 atom stereocenters. The van der Waals surface area contributed by atoms with Crippen molar-refractivity contribution in [1.82, 2.24) is 5.32 Å². The number of rotatable bonds is 4. The van der Waals surface area contributed by atoms with Gasteiger partial charge in [-0.1, -0.05) is 18.2 Å². The average Bonchev–Trinajstić information content (AvgIpc) is 2.29. The monoisotopic (exact) mass is 205 g/mol. The standard InChI is InChI=1S/C12H15NO2/c14-6-5-13-8-10-7-11-3-1-2-4-12(11)15-9-10/h1-4,7,13-14H,5-6,8-9H2. The van der Waals surface area contributed by atoms with Gasteiger partial charge in [-0.25, -0.2) is 0 Å². The van der Waals surface area contributed by atoms with Crippen molar-refractivity contribution in [2.24, 2.45) is 0 Å². The number of aliphatic hydroxyl groups is 1. The van der Waals surface area contributed by atoms with Gasteiger partial charge >= 0.3 is 0 Å². The van der Waals surface area contributed by atoms with E-state index in [0.717, 1.165) is 17.9 Å². The Morgan fingerprint density at radius 3 is 3.07 bits per heavy atom. The van der Waals surface area contributed by atoms with E-state index in [2.05, 4.69) is 11.4 Å². The Hall–Kier alpha value is -1.32. The van der Waals surface area contributed by atoms with Crippen LogP contribution < -0.4 is 10.1 Å². The lowest BCUT2D eigenvalue weighted by Gasteiger charge is -2.17. The molecule has 2 rings (SSSR count). The second-order valence-corrected chi connectivity index (χ2v) is 3.53. The molecule has 0 amide bonds. The summed E-state index contributed by atoms with van der Waals surface area (Å²) in [5, 5.41) is 11.8. The maximum Gasteiger partial charge on any atom is 0.127 e. The highest BCUT2D eigenvalue weighted by atomic mass is 16.5. The molecule has 1 aromatic rings. The van der Waals surface area contributed by atoms with E-state index in [1.54, 1.807) is 0 Å². The minimum atomic E-state index is 0.171. The predicted octanol–water partition coefficient (Wildman–Crippen LogP) is 1.04. The highest BCUT2D eigenvalue weighted by molar-refractivity contribution is 5.62. The van der Waals surface area contributed by atoms with Crippen molar-refractivity contribution in [3.8, 4) is 5.75 Å². The molecule has 0 saturated carbocycles. The van der Waals surface area contributed by atoms with Gasteiger partial charge in [0, 0.05) is 18.7 Å². The van der Waals surface area contributed by atoms with Gasteiger partial charge in [0.05, 0.1) is 6.61 Å². The first-order valence-electron chi connectivity index (χ1n) is 5.13. The lowest BCUT2D eigenvalue weighted by Crippen LogP contribution is -2.24. The van der Waals surface area contributed by atoms with Gasteiger partial charge < -0.3 is 15.2 Å². The van der Waals surface area contributed by atoms with Crippen molar-refractivity contribution in [1.29, 1.82) is 0 Å². The fraction of sp³-hybridized carbons (Fsp3) is 0.333. The van der Waals surface area contributed by atoms with E-state index in [1.807, 2.05) is 24.3 Å². The van der Waals surface area contributed by atoms with Crippen molar-refractivity contribution >= 4 is 6.08 Å². The smallest absolute Gasteiger partial charge is 0.127 e. The number of benzene rings is 1. The van der Waals surface area contributed by atoms with Crippen molar-refractivity contribution < 1.29 is 9.84 Å². The first-order valence-corrected chi connectivity index (χ1v) is 5.13. The fourth-order valence-electron chi connectivity index (χ4n) is 1.59. The van der Waals surface area contributed by atoms with Crippen molar-refractivity contribution in [2.75, 3.05) is 26.3 Å². The van der Waals surface area contributed by atoms with E-state index in [0.29, 0.717) is 13.2 Å². The molecule has 0 aromatic heterocycles. The zero-order valence-electron chi connectivity index (χ0n) is 8.57. The van der Waals surface area contributed by atoms with E-state index in [9.17, 15) is 0 Å². The second-order valence-electron chi connectivity index (χ2n) is 3.53. The normalized spacial score (nSPS) is 14.1. The van der Waals surface area contributed by atoms with Gasteiger partial charge in [0.15, 0.2) is 0 Å². The van der Waals surface area contributed by atoms with Crippen LogP contribution in [-0.4, -0.2) is 31.4 Å². The molecule has 2 N–H and O–H groups in total. The Bertz CT molecular complexity index is 360. The van der Waals surface area contributed by atoms with E-state index < -0.39 is 0 Å². The van der Waals surface area contributed by atoms with Gasteiger partial charge in [0.25, 0.3) is 0 Å². The number of nitrogens with one attached hydrogen (secondary N) is 1. The van der Waals surface area contributed by atoms with Crippen LogP contribution in [0.2, 0.25) is 0 Å². The zero-order chi connectivity index (χ0) is 10.5. The van der Waals surface area contributed by atoms with Gasteiger partial charge in [-0.2, -0.15) is 0 Å². The van der Waals surface area contributed by atoms with Crippen LogP contribution >= 0.6 is 0 Å². The van der Waals surface area contributed by atoms with E-state index in [-0.39, 0.29) is 6.61 Å². The summed E-state index contributed by atoms with van der Waals surface area (Å²) >= 11 is 0. The molecule has 80 valence electrons. The molecule has 1 aliphatic heterocycles. The summed E-state index contributed by atoms with van der Waals surface area (Å²) in [6.07, 6.45) is 2.14. The lowest BCUT2D eigenvalue weighted by molar-refractivity contribution is 0.292. The topological polar surface area (TPSA) is 41.5 Å². The Kier molecular flexibility index (Phi) is 3.37. The molecule has 0 unspecified atom stereocenters. The van der Waals surface area contributed by atoms with E-state index in [4.69, 9.17) is 9.84 Å². The number of hydrogen-bond donors (Lipinski definition) is 2. The van der Waals surface area contributed by atoms with Crippen LogP contribution in [0.1, 0.15) is 5.56 Å². The Balaban J connectivity index is 2.02. The molecule has 0 saturated heterocycles. The molecule has 1 aromatic carbocycles. The van der Waals surface area contributed by atoms with Crippen LogP contribution in [0, 0.1) is 0 Å². The maximum absolute atomic E-state index is 8.64. The van der Waals surface area contributed by atoms with Gasteiger partial charge in [-0.3, -0.25) is 0 Å². The predicted molar refractivity (Wildman–Crippen MR) is 59.9 cm³/mol. The molecule has 3 nitrogen and oxygen atoms in total. The molecule has 1 heterocycles. The van der Waals surface area contributed by atoms with Gasteiger partial charge in [-0.05, 0) is 17.7 Å². The molecule has 0 fully saturated rings. The summed E-state index contributed by atoms with van der Waals surface area (Å²) in [7, 11) is 0. The summed E-state index contributed by atoms with van der Waals surface area (Å²) in [6, 6.07) is 7.99. The maximum atomic E-state index is 8.64. The largest absolute Gasteiger partial charge is 0.489 e. The van der Waals surface area contributed by atoms with Crippen LogP contribution in [0.4, 0.5) is 0 Å². The number of fused-ring (bicyclic) bond motifs is 1. The van der Waals surface area contributed by atoms with Crippen LogP contribution in [-0.2, 0) is 0 Å². The van der Waals surface area contributed by atoms with Crippen LogP contribution in [0.3, 0.4) is 0 Å². The number of aliphatic hydroxyl groups excluding tert-OH is 1. The summed E-state index contributed by atoms with van der Waals surface area (Å²) in [4.78, 5) is 0.